The van der Waals surface area contributed by atoms with Crippen molar-refractivity contribution >= 4 is 11.6 Å². The quantitative estimate of drug-likeness (QED) is 0.687. The van der Waals surface area contributed by atoms with E-state index in [1.165, 1.54) is 31.6 Å². The van der Waals surface area contributed by atoms with E-state index in [0.717, 1.165) is 42.6 Å². The highest BCUT2D eigenvalue weighted by molar-refractivity contribution is 5.97. The molecule has 2 fully saturated rings. The van der Waals surface area contributed by atoms with Crippen LogP contribution in [0, 0.1) is 12.3 Å². The number of likely N-dealkylation sites (tertiary alicyclic amines) is 1. The molecule has 34 heavy (non-hydrogen) atoms. The lowest BCUT2D eigenvalue weighted by Gasteiger charge is -2.60. The molecule has 1 aromatic carbocycles. The monoisotopic (exact) mass is 460 g/mol. The van der Waals surface area contributed by atoms with Crippen LogP contribution in [0.1, 0.15) is 58.9 Å². The Bertz CT molecular complexity index is 1170. The fraction of sp³-hybridized carbons (Fsp3) is 0.500. The molecule has 6 nitrogen and oxygen atoms in total. The Kier molecular flexibility index (Phi) is 6.11. The van der Waals surface area contributed by atoms with E-state index in [1.807, 2.05) is 25.1 Å². The third kappa shape index (κ3) is 4.20. The number of hydrogen-bond donors (Lipinski definition) is 2. The predicted octanol–water partition coefficient (Wildman–Crippen LogP) is 3.58. The van der Waals surface area contributed by atoms with Gasteiger partial charge in [-0.05, 0) is 87.7 Å². The van der Waals surface area contributed by atoms with Gasteiger partial charge in [0.15, 0.2) is 0 Å². The molecule has 1 amide bonds. The van der Waals surface area contributed by atoms with Crippen molar-refractivity contribution in [1.82, 2.24) is 15.2 Å². The molecule has 2 aliphatic heterocycles. The molecular weight excluding hydrogens is 424 g/mol. The molecule has 1 aromatic heterocycles. The standard InChI is InChI=1S/C28H36N4O2/c1-4-32(21-14-28(15-21)17-31(3)18-28)25-12-8-11-23-22(25)10-7-5-6-9-20-13-19(2)30-27(34)24(20)16-29-26(23)33/h5,7-8,11-13,21H,4,6,9-10,14-18H2,1-3H3,(H,29,33)(H,30,34)/b7-5-. The molecule has 1 spiro atoms. The van der Waals surface area contributed by atoms with Gasteiger partial charge in [-0.3, -0.25) is 9.59 Å². The van der Waals surface area contributed by atoms with Gasteiger partial charge in [0.25, 0.3) is 11.5 Å². The number of amides is 1. The molecule has 0 atom stereocenters. The van der Waals surface area contributed by atoms with Gasteiger partial charge >= 0.3 is 0 Å². The van der Waals surface area contributed by atoms with Crippen molar-refractivity contribution in [2.75, 3.05) is 31.6 Å². The number of aryl methyl sites for hydroxylation is 2. The first-order valence-corrected chi connectivity index (χ1v) is 12.6. The van der Waals surface area contributed by atoms with Crippen LogP contribution in [-0.2, 0) is 19.4 Å². The number of anilines is 1. The minimum Gasteiger partial charge on any atom is -0.369 e. The fourth-order valence-corrected chi connectivity index (χ4v) is 6.44. The summed E-state index contributed by atoms with van der Waals surface area (Å²) in [7, 11) is 2.20. The Morgan fingerprint density at radius 2 is 1.94 bits per heavy atom. The van der Waals surface area contributed by atoms with Crippen LogP contribution < -0.4 is 15.8 Å². The molecule has 3 aliphatic rings. The Hall–Kier alpha value is -2.86. The van der Waals surface area contributed by atoms with Gasteiger partial charge in [-0.25, -0.2) is 0 Å². The van der Waals surface area contributed by atoms with E-state index in [4.69, 9.17) is 0 Å². The molecule has 3 heterocycles. The van der Waals surface area contributed by atoms with E-state index >= 15 is 0 Å². The van der Waals surface area contributed by atoms with Gasteiger partial charge in [0.05, 0.1) is 0 Å². The summed E-state index contributed by atoms with van der Waals surface area (Å²) in [4.78, 5) is 33.8. The van der Waals surface area contributed by atoms with Crippen molar-refractivity contribution in [2.45, 2.75) is 58.5 Å². The second-order valence-corrected chi connectivity index (χ2v) is 10.5. The maximum absolute atomic E-state index is 13.3. The van der Waals surface area contributed by atoms with Crippen LogP contribution in [0.4, 0.5) is 5.69 Å². The van der Waals surface area contributed by atoms with Crippen LogP contribution in [0.5, 0.6) is 0 Å². The SMILES string of the molecule is CCN(c1cccc2c1C/C=C\CCc1cc(C)[nH]c(=O)c1CNC2=O)C1CC2(C1)CN(C)C2. The van der Waals surface area contributed by atoms with Gasteiger partial charge in [0, 0.05) is 54.7 Å². The summed E-state index contributed by atoms with van der Waals surface area (Å²) in [5, 5.41) is 3.04. The lowest BCUT2D eigenvalue weighted by Crippen LogP contribution is -2.65. The topological polar surface area (TPSA) is 68.4 Å². The number of hydrogen-bond acceptors (Lipinski definition) is 4. The van der Waals surface area contributed by atoms with E-state index in [2.05, 4.69) is 52.3 Å². The van der Waals surface area contributed by atoms with Crippen LogP contribution in [0.3, 0.4) is 0 Å². The summed E-state index contributed by atoms with van der Waals surface area (Å²) in [6.45, 7) is 7.71. The first-order chi connectivity index (χ1) is 16.4. The first kappa shape index (κ1) is 22.9. The van der Waals surface area contributed by atoms with Crippen molar-refractivity contribution in [3.05, 3.63) is 74.7 Å². The zero-order valence-electron chi connectivity index (χ0n) is 20.6. The Balaban J connectivity index is 1.44. The molecule has 0 bridgehead atoms. The van der Waals surface area contributed by atoms with Gasteiger partial charge in [-0.1, -0.05) is 18.2 Å². The number of pyridine rings is 1. The highest BCUT2D eigenvalue weighted by atomic mass is 16.1. The number of aromatic amines is 1. The maximum atomic E-state index is 13.3. The summed E-state index contributed by atoms with van der Waals surface area (Å²) < 4.78 is 0. The number of rotatable bonds is 3. The zero-order chi connectivity index (χ0) is 23.9. The van der Waals surface area contributed by atoms with Gasteiger partial charge in [-0.2, -0.15) is 0 Å². The van der Waals surface area contributed by atoms with Gasteiger partial charge in [0.2, 0.25) is 0 Å². The van der Waals surface area contributed by atoms with Crippen molar-refractivity contribution in [3.63, 3.8) is 0 Å². The Labute approximate surface area is 202 Å². The smallest absolute Gasteiger partial charge is 0.253 e. The summed E-state index contributed by atoms with van der Waals surface area (Å²) in [6, 6.07) is 8.66. The largest absolute Gasteiger partial charge is 0.369 e. The maximum Gasteiger partial charge on any atom is 0.253 e. The molecule has 5 rings (SSSR count). The van der Waals surface area contributed by atoms with E-state index in [1.54, 1.807) is 0 Å². The number of allylic oxidation sites excluding steroid dienone is 2. The number of aromatic nitrogens is 1. The normalized spacial score (nSPS) is 21.2. The average Bonchev–Trinajstić information content (AvgIpc) is 2.75. The first-order valence-electron chi connectivity index (χ1n) is 12.6. The number of fused-ring (bicyclic) bond motifs is 2. The molecule has 1 saturated heterocycles. The second kappa shape index (κ2) is 9.06. The third-order valence-corrected chi connectivity index (χ3v) is 7.89. The number of benzene rings is 1. The third-order valence-electron chi connectivity index (χ3n) is 7.89. The minimum atomic E-state index is -0.113. The number of H-pyrrole nitrogens is 1. The molecule has 1 saturated carbocycles. The molecule has 180 valence electrons. The Morgan fingerprint density at radius 3 is 2.68 bits per heavy atom. The van der Waals surface area contributed by atoms with Gasteiger partial charge in [-0.15, -0.1) is 0 Å². The summed E-state index contributed by atoms with van der Waals surface area (Å²) in [5.74, 6) is -0.113. The Morgan fingerprint density at radius 1 is 1.15 bits per heavy atom. The molecule has 0 radical (unpaired) electrons. The molecule has 2 N–H and O–H groups in total. The number of carbonyl (C=O) groups is 1. The van der Waals surface area contributed by atoms with Crippen molar-refractivity contribution in [2.24, 2.45) is 5.41 Å². The molecule has 0 unspecified atom stereocenters. The van der Waals surface area contributed by atoms with Crippen LogP contribution in [0.2, 0.25) is 0 Å². The number of carbonyl (C=O) groups excluding carboxylic acids is 1. The molecular formula is C28H36N4O2. The van der Waals surface area contributed by atoms with Crippen LogP contribution in [0.25, 0.3) is 0 Å². The van der Waals surface area contributed by atoms with E-state index in [-0.39, 0.29) is 18.0 Å². The molecule has 6 heteroatoms. The second-order valence-electron chi connectivity index (χ2n) is 10.5. The van der Waals surface area contributed by atoms with Crippen LogP contribution in [0.15, 0.2) is 41.2 Å². The summed E-state index contributed by atoms with van der Waals surface area (Å²) in [6.07, 6.45) is 9.24. The summed E-state index contributed by atoms with van der Waals surface area (Å²) in [5.41, 5.74) is 5.91. The minimum absolute atomic E-state index is 0.108. The lowest BCUT2D eigenvalue weighted by molar-refractivity contribution is -0.0576. The van der Waals surface area contributed by atoms with Crippen LogP contribution >= 0.6 is 0 Å². The van der Waals surface area contributed by atoms with E-state index in [0.29, 0.717) is 22.6 Å². The highest BCUT2D eigenvalue weighted by Gasteiger charge is 2.52. The fourth-order valence-electron chi connectivity index (χ4n) is 6.44. The zero-order valence-corrected chi connectivity index (χ0v) is 20.6. The highest BCUT2D eigenvalue weighted by Crippen LogP contribution is 2.50. The number of nitrogens with zero attached hydrogens (tertiary/aromatic N) is 2. The van der Waals surface area contributed by atoms with Gasteiger partial charge in [0.1, 0.15) is 0 Å². The predicted molar refractivity (Wildman–Crippen MR) is 137 cm³/mol. The molecule has 1 aliphatic carbocycles. The van der Waals surface area contributed by atoms with Crippen molar-refractivity contribution in [1.29, 1.82) is 0 Å². The van der Waals surface area contributed by atoms with Gasteiger partial charge < -0.3 is 20.1 Å². The number of nitrogens with one attached hydrogen (secondary N) is 2. The van der Waals surface area contributed by atoms with E-state index < -0.39 is 0 Å². The lowest BCUT2D eigenvalue weighted by atomic mass is 9.60. The average molecular weight is 461 g/mol. The molecule has 2 aromatic rings. The van der Waals surface area contributed by atoms with Crippen LogP contribution in [-0.4, -0.2) is 48.5 Å². The van der Waals surface area contributed by atoms with Crippen molar-refractivity contribution < 1.29 is 4.79 Å². The van der Waals surface area contributed by atoms with E-state index in [9.17, 15) is 9.59 Å². The van der Waals surface area contributed by atoms with Crippen molar-refractivity contribution in [3.8, 4) is 0 Å². The summed E-state index contributed by atoms with van der Waals surface area (Å²) >= 11 is 0.